The molecule has 1 aromatic rings. The molecule has 0 saturated carbocycles. The van der Waals surface area contributed by atoms with E-state index in [1.165, 1.54) is 18.2 Å². The van der Waals surface area contributed by atoms with Crippen molar-refractivity contribution in [3.8, 4) is 5.75 Å². The van der Waals surface area contributed by atoms with E-state index in [4.69, 9.17) is 4.74 Å². The number of halogens is 3. The van der Waals surface area contributed by atoms with Gasteiger partial charge in [-0.05, 0) is 37.6 Å². The van der Waals surface area contributed by atoms with E-state index < -0.39 is 12.0 Å². The van der Waals surface area contributed by atoms with Crippen molar-refractivity contribution in [2.45, 2.75) is 25.3 Å². The molecular weight excluding hydrogens is 287 g/mol. The Morgan fingerprint density at radius 2 is 1.95 bits per heavy atom. The van der Waals surface area contributed by atoms with Gasteiger partial charge in [0.1, 0.15) is 5.75 Å². The van der Waals surface area contributed by atoms with Crippen LogP contribution in [0.2, 0.25) is 0 Å². The van der Waals surface area contributed by atoms with Gasteiger partial charge in [0, 0.05) is 13.7 Å². The molecule has 2 N–H and O–H groups in total. The Morgan fingerprint density at radius 3 is 2.57 bits per heavy atom. The SMILES string of the molecule is COCCNCCC(C)(O)c1cccc(OC(F)(F)F)c1. The number of aliphatic hydroxyl groups is 1. The zero-order valence-electron chi connectivity index (χ0n) is 12.0. The molecule has 0 fully saturated rings. The first-order valence-electron chi connectivity index (χ1n) is 6.53. The predicted octanol–water partition coefficient (Wildman–Crippen LogP) is 2.42. The van der Waals surface area contributed by atoms with Crippen molar-refractivity contribution in [2.75, 3.05) is 26.8 Å². The van der Waals surface area contributed by atoms with Crippen LogP contribution >= 0.6 is 0 Å². The van der Waals surface area contributed by atoms with Crippen molar-refractivity contribution in [3.05, 3.63) is 29.8 Å². The molecular formula is C14H20F3NO3. The lowest BCUT2D eigenvalue weighted by molar-refractivity contribution is -0.274. The van der Waals surface area contributed by atoms with E-state index in [0.717, 1.165) is 0 Å². The second-order valence-corrected chi connectivity index (χ2v) is 4.84. The van der Waals surface area contributed by atoms with Crippen molar-refractivity contribution in [2.24, 2.45) is 0 Å². The van der Waals surface area contributed by atoms with Gasteiger partial charge in [0.05, 0.1) is 12.2 Å². The molecule has 21 heavy (non-hydrogen) atoms. The lowest BCUT2D eigenvalue weighted by Gasteiger charge is -2.24. The summed E-state index contributed by atoms with van der Waals surface area (Å²) in [6.45, 7) is 3.26. The van der Waals surface area contributed by atoms with E-state index in [1.807, 2.05) is 0 Å². The molecule has 0 radical (unpaired) electrons. The van der Waals surface area contributed by atoms with Gasteiger partial charge in [0.2, 0.25) is 0 Å². The third kappa shape index (κ3) is 6.79. The zero-order chi connectivity index (χ0) is 15.9. The Labute approximate surface area is 121 Å². The molecule has 1 aromatic carbocycles. The summed E-state index contributed by atoms with van der Waals surface area (Å²) in [5.74, 6) is -0.340. The Morgan fingerprint density at radius 1 is 1.24 bits per heavy atom. The maximum absolute atomic E-state index is 12.2. The number of nitrogens with one attached hydrogen (secondary N) is 1. The topological polar surface area (TPSA) is 50.7 Å². The monoisotopic (exact) mass is 307 g/mol. The molecule has 7 heteroatoms. The summed E-state index contributed by atoms with van der Waals surface area (Å²) < 4.78 is 45.3. The van der Waals surface area contributed by atoms with Gasteiger partial charge in [0.25, 0.3) is 0 Å². The molecule has 1 rings (SSSR count). The second kappa shape index (κ2) is 7.63. The third-order valence-electron chi connectivity index (χ3n) is 2.96. The standard InChI is InChI=1S/C14H20F3NO3/c1-13(19,6-7-18-8-9-20-2)11-4-3-5-12(10-11)21-14(15,16)17/h3-5,10,18-19H,6-9H2,1-2H3. The number of alkyl halides is 3. The fourth-order valence-corrected chi connectivity index (χ4v) is 1.80. The molecule has 0 amide bonds. The van der Waals surface area contributed by atoms with Gasteiger partial charge in [-0.1, -0.05) is 12.1 Å². The van der Waals surface area contributed by atoms with Crippen LogP contribution in [0.3, 0.4) is 0 Å². The summed E-state index contributed by atoms with van der Waals surface area (Å²) in [4.78, 5) is 0. The van der Waals surface area contributed by atoms with Crippen molar-refractivity contribution < 1.29 is 27.8 Å². The van der Waals surface area contributed by atoms with Crippen LogP contribution in [0.4, 0.5) is 13.2 Å². The Hall–Kier alpha value is -1.31. The summed E-state index contributed by atoms with van der Waals surface area (Å²) in [5.41, 5.74) is -0.872. The lowest BCUT2D eigenvalue weighted by atomic mass is 9.92. The predicted molar refractivity (Wildman–Crippen MR) is 72.1 cm³/mol. The summed E-state index contributed by atoms with van der Waals surface area (Å²) >= 11 is 0. The highest BCUT2D eigenvalue weighted by atomic mass is 19.4. The molecule has 120 valence electrons. The molecule has 1 atom stereocenters. The smallest absolute Gasteiger partial charge is 0.406 e. The van der Waals surface area contributed by atoms with E-state index in [1.54, 1.807) is 20.1 Å². The molecule has 0 aliphatic carbocycles. The third-order valence-corrected chi connectivity index (χ3v) is 2.96. The number of ether oxygens (including phenoxy) is 2. The maximum atomic E-state index is 12.2. The summed E-state index contributed by atoms with van der Waals surface area (Å²) in [7, 11) is 1.59. The lowest BCUT2D eigenvalue weighted by Crippen LogP contribution is -2.29. The van der Waals surface area contributed by atoms with E-state index in [9.17, 15) is 18.3 Å². The van der Waals surface area contributed by atoms with Gasteiger partial charge in [-0.25, -0.2) is 0 Å². The van der Waals surface area contributed by atoms with E-state index in [2.05, 4.69) is 10.1 Å². The van der Waals surface area contributed by atoms with E-state index >= 15 is 0 Å². The summed E-state index contributed by atoms with van der Waals surface area (Å²) in [6, 6.07) is 5.38. The van der Waals surface area contributed by atoms with Gasteiger partial charge in [-0.3, -0.25) is 0 Å². The first-order valence-corrected chi connectivity index (χ1v) is 6.53. The quantitative estimate of drug-likeness (QED) is 0.724. The number of rotatable bonds is 8. The summed E-state index contributed by atoms with van der Waals surface area (Å²) in [5, 5.41) is 13.4. The fraction of sp³-hybridized carbons (Fsp3) is 0.571. The van der Waals surface area contributed by atoms with Crippen molar-refractivity contribution in [1.29, 1.82) is 0 Å². The van der Waals surface area contributed by atoms with Gasteiger partial charge < -0.3 is 19.9 Å². The van der Waals surface area contributed by atoms with Crippen LogP contribution in [0, 0.1) is 0 Å². The van der Waals surface area contributed by atoms with Crippen molar-refractivity contribution in [3.63, 3.8) is 0 Å². The van der Waals surface area contributed by atoms with Crippen LogP contribution in [0.1, 0.15) is 18.9 Å². The molecule has 0 saturated heterocycles. The van der Waals surface area contributed by atoms with E-state index in [0.29, 0.717) is 31.7 Å². The van der Waals surface area contributed by atoms with Gasteiger partial charge in [-0.2, -0.15) is 0 Å². The minimum Gasteiger partial charge on any atom is -0.406 e. The number of hydrogen-bond donors (Lipinski definition) is 2. The highest BCUT2D eigenvalue weighted by Crippen LogP contribution is 2.29. The normalized spacial score (nSPS) is 14.8. The molecule has 0 spiro atoms. The Balaban J connectivity index is 2.63. The maximum Gasteiger partial charge on any atom is 0.573 e. The second-order valence-electron chi connectivity index (χ2n) is 4.84. The van der Waals surface area contributed by atoms with E-state index in [-0.39, 0.29) is 5.75 Å². The highest BCUT2D eigenvalue weighted by Gasteiger charge is 2.32. The van der Waals surface area contributed by atoms with Crippen LogP contribution in [-0.2, 0) is 10.3 Å². The highest BCUT2D eigenvalue weighted by molar-refractivity contribution is 5.32. The van der Waals surface area contributed by atoms with Crippen LogP contribution < -0.4 is 10.1 Å². The van der Waals surface area contributed by atoms with Gasteiger partial charge in [0.15, 0.2) is 0 Å². The number of benzene rings is 1. The first-order chi connectivity index (χ1) is 9.74. The fourth-order valence-electron chi connectivity index (χ4n) is 1.80. The van der Waals surface area contributed by atoms with Gasteiger partial charge in [-0.15, -0.1) is 13.2 Å². The zero-order valence-corrected chi connectivity index (χ0v) is 12.0. The molecule has 4 nitrogen and oxygen atoms in total. The first kappa shape index (κ1) is 17.7. The van der Waals surface area contributed by atoms with Crippen molar-refractivity contribution in [1.82, 2.24) is 5.32 Å². The van der Waals surface area contributed by atoms with Gasteiger partial charge >= 0.3 is 6.36 Å². The summed E-state index contributed by atoms with van der Waals surface area (Å²) in [6.07, 6.45) is -4.39. The molecule has 0 aromatic heterocycles. The number of hydrogen-bond acceptors (Lipinski definition) is 4. The Kier molecular flexibility index (Phi) is 6.44. The molecule has 0 aliphatic rings. The van der Waals surface area contributed by atoms with Crippen LogP contribution in [0.5, 0.6) is 5.75 Å². The molecule has 1 unspecified atom stereocenters. The van der Waals surface area contributed by atoms with Crippen LogP contribution in [-0.4, -0.2) is 38.3 Å². The average molecular weight is 307 g/mol. The minimum atomic E-state index is -4.74. The average Bonchev–Trinajstić information content (AvgIpc) is 2.37. The number of methoxy groups -OCH3 is 1. The largest absolute Gasteiger partial charge is 0.573 e. The van der Waals surface area contributed by atoms with Crippen molar-refractivity contribution >= 4 is 0 Å². The minimum absolute atomic E-state index is 0.340. The van der Waals surface area contributed by atoms with Crippen LogP contribution in [0.15, 0.2) is 24.3 Å². The molecule has 0 bridgehead atoms. The van der Waals surface area contributed by atoms with Crippen LogP contribution in [0.25, 0.3) is 0 Å². The molecule has 0 heterocycles. The Bertz CT molecular complexity index is 436. The molecule has 0 aliphatic heterocycles.